The summed E-state index contributed by atoms with van der Waals surface area (Å²) in [5.41, 5.74) is 4.21. The highest BCUT2D eigenvalue weighted by Gasteiger charge is 2.83. The number of benzene rings is 1. The van der Waals surface area contributed by atoms with E-state index in [2.05, 4.69) is 38.1 Å². The molecule has 8 atom stereocenters. The van der Waals surface area contributed by atoms with Crippen molar-refractivity contribution in [2.75, 3.05) is 6.61 Å². The maximum Gasteiger partial charge on any atom is 0.323 e. The van der Waals surface area contributed by atoms with Gasteiger partial charge in [-0.3, -0.25) is 9.59 Å². The summed E-state index contributed by atoms with van der Waals surface area (Å²) in [6.07, 6.45) is 12.2. The van der Waals surface area contributed by atoms with Gasteiger partial charge in [-0.2, -0.15) is 0 Å². The van der Waals surface area contributed by atoms with Crippen molar-refractivity contribution in [2.24, 2.45) is 34.8 Å². The molecule has 5 N–H and O–H groups in total. The van der Waals surface area contributed by atoms with Gasteiger partial charge in [0.15, 0.2) is 5.78 Å². The Morgan fingerprint density at radius 2 is 1.70 bits per heavy atom. The predicted octanol–water partition coefficient (Wildman–Crippen LogP) is 4.81. The molecule has 1 aromatic carbocycles. The van der Waals surface area contributed by atoms with Crippen LogP contribution in [0.25, 0.3) is 0 Å². The Kier molecular flexibility index (Phi) is 8.87. The summed E-state index contributed by atoms with van der Waals surface area (Å²) in [5.74, 6) is -2.73. The summed E-state index contributed by atoms with van der Waals surface area (Å²) in [6.45, 7) is 7.37. The number of carbonyl (C=O) groups is 2. The number of hydrogen-bond donors (Lipinski definition) is 4. The molecule has 0 aromatic heterocycles. The summed E-state index contributed by atoms with van der Waals surface area (Å²) < 4.78 is 6.32. The van der Waals surface area contributed by atoms with Crippen LogP contribution >= 0.6 is 0 Å². The number of nitrogens with two attached hydrogens (primary N) is 1. The number of Topliss-reactive ketones (excluding diaryl/α,β-unsaturated/α-hetero) is 1. The molecule has 0 unspecified atom stereocenters. The molecule has 2 saturated carbocycles. The standard InChI is InChI=1S/C36H51NO6/c1-23-18-29-34(41,31(23)39)21-26(22-38)19-27-30-33(3,4)35(30,20-24(2)36(27,29)42)43-32(40)28(37)17-13-8-6-5-7-10-14-25-15-11-9-12-16-25/h9,11-12,15-16,18-19,24,27-30,38,41-42H,5-8,10,13-14,17,20-22,37H2,1-4H3/t24-,27+,28-,29-,30-,34-,35+,36-/m1/s1. The quantitative estimate of drug-likeness (QED) is 0.155. The van der Waals surface area contributed by atoms with Gasteiger partial charge in [0.25, 0.3) is 0 Å². The van der Waals surface area contributed by atoms with E-state index < -0.39 is 51.8 Å². The zero-order chi connectivity index (χ0) is 31.2. The Morgan fingerprint density at radius 3 is 2.37 bits per heavy atom. The smallest absolute Gasteiger partial charge is 0.323 e. The number of esters is 1. The average molecular weight is 594 g/mol. The van der Waals surface area contributed by atoms with E-state index in [0.29, 0.717) is 24.0 Å². The van der Waals surface area contributed by atoms with E-state index in [9.17, 15) is 24.9 Å². The van der Waals surface area contributed by atoms with Gasteiger partial charge in [-0.25, -0.2) is 0 Å². The lowest BCUT2D eigenvalue weighted by Crippen LogP contribution is -2.61. The zero-order valence-corrected chi connectivity index (χ0v) is 26.4. The van der Waals surface area contributed by atoms with Gasteiger partial charge >= 0.3 is 5.97 Å². The van der Waals surface area contributed by atoms with E-state index in [0.717, 1.165) is 25.7 Å². The molecule has 7 nitrogen and oxygen atoms in total. The highest BCUT2D eigenvalue weighted by Crippen LogP contribution is 2.76. The molecule has 0 aliphatic heterocycles. The number of ether oxygens (including phenoxy) is 1. The first-order valence-electron chi connectivity index (χ1n) is 16.3. The van der Waals surface area contributed by atoms with Crippen molar-refractivity contribution >= 4 is 11.8 Å². The van der Waals surface area contributed by atoms with Crippen LogP contribution in [0.1, 0.15) is 91.0 Å². The van der Waals surface area contributed by atoms with Crippen molar-refractivity contribution in [3.63, 3.8) is 0 Å². The number of aliphatic hydroxyl groups excluding tert-OH is 1. The van der Waals surface area contributed by atoms with E-state index in [4.69, 9.17) is 10.5 Å². The number of unbranched alkanes of at least 4 members (excludes halogenated alkanes) is 5. The highest BCUT2D eigenvalue weighted by molar-refractivity contribution is 6.04. The molecule has 2 fully saturated rings. The van der Waals surface area contributed by atoms with Gasteiger partial charge in [0.2, 0.25) is 0 Å². The van der Waals surface area contributed by atoms with Crippen LogP contribution < -0.4 is 5.73 Å². The van der Waals surface area contributed by atoms with Crippen molar-refractivity contribution in [3.8, 4) is 0 Å². The maximum atomic E-state index is 13.4. The Labute approximate surface area is 256 Å². The number of aliphatic hydroxyl groups is 3. The van der Waals surface area contributed by atoms with Crippen molar-refractivity contribution in [1.29, 1.82) is 0 Å². The lowest BCUT2D eigenvalue weighted by molar-refractivity contribution is -0.187. The average Bonchev–Trinajstić information content (AvgIpc) is 3.38. The molecule has 1 aromatic rings. The number of ketones is 1. The number of rotatable bonds is 12. The van der Waals surface area contributed by atoms with Crippen LogP contribution in [0.5, 0.6) is 0 Å². The van der Waals surface area contributed by atoms with E-state index >= 15 is 0 Å². The van der Waals surface area contributed by atoms with Crippen molar-refractivity contribution in [1.82, 2.24) is 0 Å². The summed E-state index contributed by atoms with van der Waals surface area (Å²) in [5, 5.41) is 34.3. The maximum absolute atomic E-state index is 13.4. The molecular formula is C36H51NO6. The Balaban J connectivity index is 1.19. The van der Waals surface area contributed by atoms with Crippen LogP contribution in [0, 0.1) is 29.1 Å². The third kappa shape index (κ3) is 5.34. The second kappa shape index (κ2) is 11.9. The van der Waals surface area contributed by atoms with Crippen LogP contribution in [-0.4, -0.2) is 56.5 Å². The predicted molar refractivity (Wildman–Crippen MR) is 166 cm³/mol. The molecule has 0 saturated heterocycles. The molecule has 0 heterocycles. The van der Waals surface area contributed by atoms with Crippen LogP contribution in [0.15, 0.2) is 53.6 Å². The van der Waals surface area contributed by atoms with Crippen LogP contribution in [0.4, 0.5) is 0 Å². The van der Waals surface area contributed by atoms with Crippen molar-refractivity contribution in [2.45, 2.75) is 115 Å². The normalized spacial score (nSPS) is 36.4. The van der Waals surface area contributed by atoms with Gasteiger partial charge in [-0.1, -0.05) is 95.4 Å². The Morgan fingerprint density at radius 1 is 1.05 bits per heavy atom. The number of fused-ring (bicyclic) bond motifs is 5. The van der Waals surface area contributed by atoms with E-state index in [1.807, 2.05) is 19.1 Å². The topological polar surface area (TPSA) is 130 Å². The van der Waals surface area contributed by atoms with Gasteiger partial charge in [0.05, 0.1) is 12.2 Å². The second-order valence-corrected chi connectivity index (χ2v) is 14.5. The van der Waals surface area contributed by atoms with E-state index in [1.165, 1.54) is 24.8 Å². The number of aryl methyl sites for hydroxylation is 1. The summed E-state index contributed by atoms with van der Waals surface area (Å²) in [4.78, 5) is 26.5. The molecule has 5 rings (SSSR count). The minimum Gasteiger partial charge on any atom is -0.457 e. The zero-order valence-electron chi connectivity index (χ0n) is 26.4. The summed E-state index contributed by atoms with van der Waals surface area (Å²) in [7, 11) is 0. The fourth-order valence-corrected chi connectivity index (χ4v) is 9.02. The van der Waals surface area contributed by atoms with Gasteiger partial charge in [-0.15, -0.1) is 0 Å². The highest BCUT2D eigenvalue weighted by atomic mass is 16.6. The van der Waals surface area contributed by atoms with Gasteiger partial charge in [0, 0.05) is 29.6 Å². The largest absolute Gasteiger partial charge is 0.457 e. The fraction of sp³-hybridized carbons (Fsp3) is 0.667. The molecule has 0 spiro atoms. The lowest BCUT2D eigenvalue weighted by Gasteiger charge is -2.50. The van der Waals surface area contributed by atoms with E-state index in [1.54, 1.807) is 13.0 Å². The first-order valence-corrected chi connectivity index (χ1v) is 16.3. The molecule has 43 heavy (non-hydrogen) atoms. The molecule has 4 aliphatic carbocycles. The van der Waals surface area contributed by atoms with Gasteiger partial charge < -0.3 is 25.8 Å². The van der Waals surface area contributed by atoms with Crippen LogP contribution in [-0.2, 0) is 20.7 Å². The van der Waals surface area contributed by atoms with Gasteiger partial charge in [-0.05, 0) is 55.2 Å². The third-order valence-electron chi connectivity index (χ3n) is 11.5. The fourth-order valence-electron chi connectivity index (χ4n) is 9.02. The molecule has 0 amide bonds. The molecular weight excluding hydrogens is 542 g/mol. The molecule has 4 aliphatic rings. The first kappa shape index (κ1) is 32.1. The van der Waals surface area contributed by atoms with Crippen molar-refractivity contribution < 1.29 is 29.6 Å². The van der Waals surface area contributed by atoms with Gasteiger partial charge in [0.1, 0.15) is 17.2 Å². The third-order valence-corrected chi connectivity index (χ3v) is 11.5. The monoisotopic (exact) mass is 593 g/mol. The second-order valence-electron chi connectivity index (χ2n) is 14.5. The van der Waals surface area contributed by atoms with Crippen LogP contribution in [0.2, 0.25) is 0 Å². The number of carbonyl (C=O) groups excluding carboxylic acids is 2. The SMILES string of the molecule is CC1=C[C@H]2[C@@]3(O)[C@H](C)C[C@]4(OC(=O)[C@H](N)CCCCCCCCc5ccccc5)[C@H]([C@@H]3C=C(CO)C[C@]2(O)C1=O)C4(C)C. The molecule has 236 valence electrons. The van der Waals surface area contributed by atoms with Crippen LogP contribution in [0.3, 0.4) is 0 Å². The minimum absolute atomic E-state index is 0.0236. The molecule has 0 bridgehead atoms. The van der Waals surface area contributed by atoms with E-state index in [-0.39, 0.29) is 24.9 Å². The number of hydrogen-bond acceptors (Lipinski definition) is 7. The summed E-state index contributed by atoms with van der Waals surface area (Å²) in [6, 6.07) is 9.86. The minimum atomic E-state index is -1.80. The lowest BCUT2D eigenvalue weighted by atomic mass is 9.60. The Hall–Kier alpha value is -2.32. The van der Waals surface area contributed by atoms with Crippen molar-refractivity contribution in [3.05, 3.63) is 59.2 Å². The summed E-state index contributed by atoms with van der Waals surface area (Å²) >= 11 is 0. The Bertz CT molecular complexity index is 1270. The molecule has 0 radical (unpaired) electrons. The first-order chi connectivity index (χ1) is 20.3. The molecule has 7 heteroatoms.